The van der Waals surface area contributed by atoms with Crippen LogP contribution in [0, 0.1) is 5.92 Å². The van der Waals surface area contributed by atoms with Gasteiger partial charge in [-0.1, -0.05) is 13.8 Å². The van der Waals surface area contributed by atoms with E-state index in [1.165, 1.54) is 0 Å². The summed E-state index contributed by atoms with van der Waals surface area (Å²) in [5.41, 5.74) is -1.92. The van der Waals surface area contributed by atoms with E-state index in [1.807, 2.05) is 13.8 Å². The second-order valence-electron chi connectivity index (χ2n) is 9.00. The number of pyridine rings is 1. The van der Waals surface area contributed by atoms with E-state index in [0.29, 0.717) is 24.7 Å². The van der Waals surface area contributed by atoms with E-state index in [-0.39, 0.29) is 24.3 Å². The smallest absolute Gasteiger partial charge is 0.416 e. The minimum absolute atomic E-state index is 0.0236. The van der Waals surface area contributed by atoms with Crippen LogP contribution in [0.15, 0.2) is 17.1 Å². The van der Waals surface area contributed by atoms with Gasteiger partial charge in [0.1, 0.15) is 6.04 Å². The van der Waals surface area contributed by atoms with Crippen LogP contribution < -0.4 is 5.56 Å². The zero-order valence-corrected chi connectivity index (χ0v) is 17.7. The number of aliphatic carboxylic acids is 1. The van der Waals surface area contributed by atoms with Crippen molar-refractivity contribution in [3.8, 4) is 0 Å². The number of piperazine rings is 1. The molecule has 0 aliphatic carbocycles. The van der Waals surface area contributed by atoms with Gasteiger partial charge in [0.05, 0.1) is 5.56 Å². The fraction of sp³-hybridized carbons (Fsp3) is 0.714. The fourth-order valence-corrected chi connectivity index (χ4v) is 4.74. The molecular formula is C21H30F3N3O3. The van der Waals surface area contributed by atoms with Crippen molar-refractivity contribution in [3.05, 3.63) is 33.7 Å². The maximum atomic E-state index is 13.6. The molecule has 2 aliphatic heterocycles. The van der Waals surface area contributed by atoms with Crippen LogP contribution >= 0.6 is 0 Å². The number of likely N-dealkylation sites (tertiary alicyclic amines) is 1. The van der Waals surface area contributed by atoms with Crippen molar-refractivity contribution >= 4 is 5.97 Å². The molecule has 6 nitrogen and oxygen atoms in total. The van der Waals surface area contributed by atoms with Gasteiger partial charge >= 0.3 is 12.1 Å². The molecule has 0 saturated carbocycles. The first kappa shape index (κ1) is 22.8. The summed E-state index contributed by atoms with van der Waals surface area (Å²) in [5, 5.41) is 9.55. The van der Waals surface area contributed by atoms with Crippen LogP contribution in [0.25, 0.3) is 0 Å². The number of fused-ring (bicyclic) bond motifs is 2. The highest BCUT2D eigenvalue weighted by Gasteiger charge is 2.38. The maximum absolute atomic E-state index is 13.6. The predicted molar refractivity (Wildman–Crippen MR) is 107 cm³/mol. The van der Waals surface area contributed by atoms with Crippen LogP contribution in [0.1, 0.15) is 50.3 Å². The van der Waals surface area contributed by atoms with E-state index < -0.39 is 29.3 Å². The van der Waals surface area contributed by atoms with Crippen molar-refractivity contribution in [3.63, 3.8) is 0 Å². The van der Waals surface area contributed by atoms with Crippen LogP contribution in [0.2, 0.25) is 0 Å². The Kier molecular flexibility index (Phi) is 6.62. The predicted octanol–water partition coefficient (Wildman–Crippen LogP) is 2.86. The molecule has 168 valence electrons. The third kappa shape index (κ3) is 4.88. The molecule has 30 heavy (non-hydrogen) atoms. The molecule has 2 bridgehead atoms. The zero-order chi connectivity index (χ0) is 22.2. The van der Waals surface area contributed by atoms with Crippen LogP contribution in [0.5, 0.6) is 0 Å². The van der Waals surface area contributed by atoms with E-state index in [0.717, 1.165) is 36.7 Å². The Morgan fingerprint density at radius 3 is 2.33 bits per heavy atom. The summed E-state index contributed by atoms with van der Waals surface area (Å²) in [5.74, 6) is -1.24. The number of likely N-dealkylation sites (N-methyl/N-ethyl adjacent to an activating group) is 1. The summed E-state index contributed by atoms with van der Waals surface area (Å²) in [4.78, 5) is 28.6. The van der Waals surface area contributed by atoms with E-state index >= 15 is 0 Å². The molecule has 9 heteroatoms. The van der Waals surface area contributed by atoms with Crippen LogP contribution in [0.4, 0.5) is 13.2 Å². The number of carboxylic acid groups (broad SMARTS) is 1. The molecule has 3 rings (SSSR count). The number of alkyl halides is 3. The molecule has 0 spiro atoms. The van der Waals surface area contributed by atoms with Crippen molar-refractivity contribution in [1.29, 1.82) is 0 Å². The molecule has 0 amide bonds. The summed E-state index contributed by atoms with van der Waals surface area (Å²) < 4.78 is 41.7. The van der Waals surface area contributed by atoms with Crippen molar-refractivity contribution in [2.75, 3.05) is 26.7 Å². The van der Waals surface area contributed by atoms with Gasteiger partial charge in [0.2, 0.25) is 0 Å². The fourth-order valence-electron chi connectivity index (χ4n) is 4.74. The Labute approximate surface area is 174 Å². The molecule has 1 aromatic rings. The lowest BCUT2D eigenvalue weighted by molar-refractivity contribution is -0.141. The molecule has 3 unspecified atom stereocenters. The van der Waals surface area contributed by atoms with Crippen molar-refractivity contribution in [1.82, 2.24) is 14.4 Å². The average molecular weight is 429 g/mol. The van der Waals surface area contributed by atoms with E-state index in [1.54, 1.807) is 0 Å². The number of hydrogen-bond donors (Lipinski definition) is 1. The lowest BCUT2D eigenvalue weighted by atomic mass is 10.0. The summed E-state index contributed by atoms with van der Waals surface area (Å²) in [6.07, 6.45) is -1.05. The zero-order valence-electron chi connectivity index (χ0n) is 17.7. The maximum Gasteiger partial charge on any atom is 0.416 e. The number of carboxylic acids is 1. The molecule has 1 N–H and O–H groups in total. The number of nitrogens with zero attached hydrogens (tertiary/aromatic N) is 3. The van der Waals surface area contributed by atoms with Crippen molar-refractivity contribution in [2.45, 2.75) is 63.8 Å². The number of rotatable bonds is 7. The van der Waals surface area contributed by atoms with Crippen molar-refractivity contribution < 1.29 is 23.1 Å². The SMILES string of the molecule is CC(C)CC(C(=O)O)n1cc(CCN2CC3CCC(C2)N3C)c(C(F)(F)F)cc1=O. The quantitative estimate of drug-likeness (QED) is 0.722. The van der Waals surface area contributed by atoms with Gasteiger partial charge in [0.15, 0.2) is 0 Å². The Morgan fingerprint density at radius 1 is 1.23 bits per heavy atom. The molecule has 3 heterocycles. The van der Waals surface area contributed by atoms with Gasteiger partial charge in [-0.25, -0.2) is 4.79 Å². The molecule has 0 aromatic carbocycles. The molecule has 2 aliphatic rings. The van der Waals surface area contributed by atoms with Gasteiger partial charge in [-0.2, -0.15) is 13.2 Å². The highest BCUT2D eigenvalue weighted by Crippen LogP contribution is 2.33. The van der Waals surface area contributed by atoms with Gasteiger partial charge in [-0.3, -0.25) is 14.6 Å². The van der Waals surface area contributed by atoms with E-state index in [4.69, 9.17) is 0 Å². The normalized spacial score (nSPS) is 23.8. The molecule has 0 radical (unpaired) electrons. The monoisotopic (exact) mass is 429 g/mol. The summed E-state index contributed by atoms with van der Waals surface area (Å²) in [6.45, 7) is 5.71. The first-order valence-electron chi connectivity index (χ1n) is 10.5. The number of aromatic nitrogens is 1. The van der Waals surface area contributed by atoms with Crippen LogP contribution in [-0.2, 0) is 17.4 Å². The minimum Gasteiger partial charge on any atom is -0.480 e. The van der Waals surface area contributed by atoms with Crippen molar-refractivity contribution in [2.24, 2.45) is 5.92 Å². The second kappa shape index (κ2) is 8.70. The lowest BCUT2D eigenvalue weighted by Gasteiger charge is -2.39. The number of halogens is 3. The third-order valence-corrected chi connectivity index (χ3v) is 6.40. The Bertz CT molecular complexity index is 823. The molecular weight excluding hydrogens is 399 g/mol. The topological polar surface area (TPSA) is 65.8 Å². The molecule has 2 saturated heterocycles. The number of carbonyl (C=O) groups is 1. The highest BCUT2D eigenvalue weighted by molar-refractivity contribution is 5.71. The standard InChI is InChI=1S/C21H30F3N3O3/c1-13(2)8-18(20(29)30)27-10-14(17(9-19(27)28)21(22,23)24)6-7-26-11-15-4-5-16(12-26)25(15)3/h9-10,13,15-16,18H,4-8,11-12H2,1-3H3,(H,29,30). The Balaban J connectivity index is 1.87. The molecule has 2 fully saturated rings. The molecule has 1 aromatic heterocycles. The molecule has 3 atom stereocenters. The summed E-state index contributed by atoms with van der Waals surface area (Å²) in [7, 11) is 2.10. The summed E-state index contributed by atoms with van der Waals surface area (Å²) in [6, 6.07) is 0.238. The highest BCUT2D eigenvalue weighted by atomic mass is 19.4. The first-order chi connectivity index (χ1) is 14.0. The van der Waals surface area contributed by atoms with Gasteiger partial charge in [0, 0.05) is 44.0 Å². The van der Waals surface area contributed by atoms with Crippen LogP contribution in [0.3, 0.4) is 0 Å². The first-order valence-corrected chi connectivity index (χ1v) is 10.5. The van der Waals surface area contributed by atoms with Gasteiger partial charge in [-0.05, 0) is 44.2 Å². The van der Waals surface area contributed by atoms with Gasteiger partial charge < -0.3 is 9.67 Å². The van der Waals surface area contributed by atoms with Gasteiger partial charge in [-0.15, -0.1) is 0 Å². The van der Waals surface area contributed by atoms with Gasteiger partial charge in [0.25, 0.3) is 5.56 Å². The lowest BCUT2D eigenvalue weighted by Crippen LogP contribution is -2.52. The Hall–Kier alpha value is -1.87. The third-order valence-electron chi connectivity index (χ3n) is 6.40. The largest absolute Gasteiger partial charge is 0.480 e. The second-order valence-corrected chi connectivity index (χ2v) is 9.00. The number of hydrogen-bond acceptors (Lipinski definition) is 4. The Morgan fingerprint density at radius 2 is 1.83 bits per heavy atom. The average Bonchev–Trinajstić information content (AvgIpc) is 2.85. The van der Waals surface area contributed by atoms with E-state index in [9.17, 15) is 27.9 Å². The summed E-state index contributed by atoms with van der Waals surface area (Å²) >= 11 is 0. The van der Waals surface area contributed by atoms with E-state index in [2.05, 4.69) is 16.8 Å². The minimum atomic E-state index is -4.66. The van der Waals surface area contributed by atoms with Crippen LogP contribution in [-0.4, -0.2) is 64.2 Å².